The predicted molar refractivity (Wildman–Crippen MR) is 325 cm³/mol. The van der Waals surface area contributed by atoms with Crippen LogP contribution in [-0.4, -0.2) is 37.2 Å². The molecule has 438 valence electrons. The van der Waals surface area contributed by atoms with E-state index in [2.05, 4.69) is 69.4 Å². The fourth-order valence-electron chi connectivity index (χ4n) is 9.76. The molecule has 1 atom stereocenters. The summed E-state index contributed by atoms with van der Waals surface area (Å²) in [6.45, 7) is 6.62. The molecule has 0 aromatic heterocycles. The normalized spacial score (nSPS) is 12.3. The average molecular weight is 1050 g/mol. The second-order valence-corrected chi connectivity index (χ2v) is 22.4. The van der Waals surface area contributed by atoms with Crippen molar-refractivity contribution < 1.29 is 28.6 Å². The summed E-state index contributed by atoms with van der Waals surface area (Å²) in [6.07, 6.45) is 80.0. The maximum Gasteiger partial charge on any atom is 0.306 e. The number of unbranched alkanes of at least 4 members (excludes halogenated alkanes) is 42. The number of ether oxygens (including phenoxy) is 3. The lowest BCUT2D eigenvalue weighted by molar-refractivity contribution is -0.167. The third-order valence-corrected chi connectivity index (χ3v) is 14.8. The minimum atomic E-state index is -0.778. The highest BCUT2D eigenvalue weighted by Gasteiger charge is 2.19. The minimum Gasteiger partial charge on any atom is -0.462 e. The van der Waals surface area contributed by atoms with Crippen LogP contribution >= 0.6 is 0 Å². The average Bonchev–Trinajstić information content (AvgIpc) is 3.41. The predicted octanol–water partition coefficient (Wildman–Crippen LogP) is 22.6. The quantitative estimate of drug-likeness (QED) is 0.0261. The first-order valence-corrected chi connectivity index (χ1v) is 33.1. The lowest BCUT2D eigenvalue weighted by Gasteiger charge is -2.18. The molecule has 0 fully saturated rings. The van der Waals surface area contributed by atoms with Gasteiger partial charge in [-0.15, -0.1) is 0 Å². The maximum atomic E-state index is 12.9. The highest BCUT2D eigenvalue weighted by Crippen LogP contribution is 2.17. The molecule has 0 amide bonds. The zero-order valence-corrected chi connectivity index (χ0v) is 50.3. The van der Waals surface area contributed by atoms with Crippen molar-refractivity contribution in [3.05, 3.63) is 48.6 Å². The summed E-state index contributed by atoms with van der Waals surface area (Å²) in [5.41, 5.74) is 0. The van der Waals surface area contributed by atoms with Crippen LogP contribution in [0.25, 0.3) is 0 Å². The topological polar surface area (TPSA) is 78.9 Å². The van der Waals surface area contributed by atoms with Crippen molar-refractivity contribution in [2.45, 2.75) is 361 Å². The molecule has 0 bridgehead atoms. The fourth-order valence-corrected chi connectivity index (χ4v) is 9.76. The number of hydrogen-bond donors (Lipinski definition) is 0. The van der Waals surface area contributed by atoms with Gasteiger partial charge in [-0.3, -0.25) is 14.4 Å². The number of allylic oxidation sites excluding steroid dienone is 8. The molecular formula is C69H126O6. The van der Waals surface area contributed by atoms with E-state index in [0.717, 1.165) is 77.0 Å². The molecule has 6 nitrogen and oxygen atoms in total. The molecule has 0 aliphatic carbocycles. The molecule has 0 aliphatic heterocycles. The van der Waals surface area contributed by atoms with E-state index in [-0.39, 0.29) is 31.1 Å². The van der Waals surface area contributed by atoms with E-state index in [0.29, 0.717) is 19.3 Å². The van der Waals surface area contributed by atoms with Crippen molar-refractivity contribution >= 4 is 17.9 Å². The zero-order chi connectivity index (χ0) is 54.3. The number of rotatable bonds is 61. The summed E-state index contributed by atoms with van der Waals surface area (Å²) in [6, 6.07) is 0. The summed E-state index contributed by atoms with van der Waals surface area (Å²) < 4.78 is 16.9. The number of esters is 3. The van der Waals surface area contributed by atoms with E-state index in [1.807, 2.05) is 0 Å². The van der Waals surface area contributed by atoms with Crippen LogP contribution < -0.4 is 0 Å². The van der Waals surface area contributed by atoms with Crippen LogP contribution in [0.15, 0.2) is 48.6 Å². The van der Waals surface area contributed by atoms with E-state index < -0.39 is 6.10 Å². The van der Waals surface area contributed by atoms with Gasteiger partial charge in [-0.25, -0.2) is 0 Å². The first-order chi connectivity index (χ1) is 37.0. The SMILES string of the molecule is CCCCC/C=C\CCCCCCCC(=O)OCC(COC(=O)CCCCCCCCCCCCCCCCCCCCC/C=C\C/C=C\CCCCCCC)OC(=O)CCCCCCC/C=C\CCCCCCC. The first kappa shape index (κ1) is 72.4. The van der Waals surface area contributed by atoms with Gasteiger partial charge in [-0.05, 0) is 103 Å². The fraction of sp³-hybridized carbons (Fsp3) is 0.841. The number of hydrogen-bond acceptors (Lipinski definition) is 6. The van der Waals surface area contributed by atoms with Gasteiger partial charge in [-0.2, -0.15) is 0 Å². The second kappa shape index (κ2) is 63.9. The van der Waals surface area contributed by atoms with Gasteiger partial charge in [0.15, 0.2) is 6.10 Å². The molecule has 0 radical (unpaired) electrons. The van der Waals surface area contributed by atoms with Crippen LogP contribution in [0, 0.1) is 0 Å². The van der Waals surface area contributed by atoms with Gasteiger partial charge in [0.1, 0.15) is 13.2 Å². The minimum absolute atomic E-state index is 0.0754. The second-order valence-electron chi connectivity index (χ2n) is 22.4. The van der Waals surface area contributed by atoms with Crippen molar-refractivity contribution in [3.63, 3.8) is 0 Å². The molecule has 0 aromatic rings. The van der Waals surface area contributed by atoms with E-state index in [1.54, 1.807) is 0 Å². The zero-order valence-electron chi connectivity index (χ0n) is 50.3. The standard InChI is InChI=1S/C69H126O6/c1-4-7-10-13-16-19-22-25-27-28-29-30-31-32-33-34-35-36-37-38-39-40-41-42-43-45-47-50-53-56-59-62-68(71)74-65-66(64-73-67(70)61-58-55-52-49-46-24-21-18-15-12-9-6-3)75-69(72)63-60-57-54-51-48-44-26-23-20-17-14-11-8-5-2/h18,21-23,25-26,28-29,66H,4-17,19-20,24,27,30-65H2,1-3H3/b21-18-,25-22-,26-23-,29-28-. The van der Waals surface area contributed by atoms with Crippen molar-refractivity contribution in [2.24, 2.45) is 0 Å². The van der Waals surface area contributed by atoms with E-state index in [9.17, 15) is 14.4 Å². The smallest absolute Gasteiger partial charge is 0.306 e. The van der Waals surface area contributed by atoms with Crippen LogP contribution in [0.4, 0.5) is 0 Å². The third kappa shape index (κ3) is 62.1. The summed E-state index contributed by atoms with van der Waals surface area (Å²) in [4.78, 5) is 38.2. The summed E-state index contributed by atoms with van der Waals surface area (Å²) in [5, 5.41) is 0. The summed E-state index contributed by atoms with van der Waals surface area (Å²) >= 11 is 0. The molecule has 0 saturated carbocycles. The van der Waals surface area contributed by atoms with Crippen molar-refractivity contribution in [1.29, 1.82) is 0 Å². The monoisotopic (exact) mass is 1050 g/mol. The van der Waals surface area contributed by atoms with Crippen LogP contribution in [0.2, 0.25) is 0 Å². The van der Waals surface area contributed by atoms with Crippen LogP contribution in [-0.2, 0) is 28.6 Å². The van der Waals surface area contributed by atoms with Gasteiger partial charge in [0.05, 0.1) is 0 Å². The van der Waals surface area contributed by atoms with E-state index in [1.165, 1.54) is 238 Å². The third-order valence-electron chi connectivity index (χ3n) is 14.8. The Morgan fingerprint density at radius 1 is 0.267 bits per heavy atom. The Kier molecular flexibility index (Phi) is 61.7. The van der Waals surface area contributed by atoms with Gasteiger partial charge < -0.3 is 14.2 Å². The van der Waals surface area contributed by atoms with Crippen molar-refractivity contribution in [3.8, 4) is 0 Å². The Morgan fingerprint density at radius 3 is 0.773 bits per heavy atom. The highest BCUT2D eigenvalue weighted by molar-refractivity contribution is 5.71. The van der Waals surface area contributed by atoms with Gasteiger partial charge >= 0.3 is 17.9 Å². The van der Waals surface area contributed by atoms with Crippen LogP contribution in [0.5, 0.6) is 0 Å². The molecule has 1 unspecified atom stereocenters. The van der Waals surface area contributed by atoms with Crippen molar-refractivity contribution in [1.82, 2.24) is 0 Å². The molecule has 6 heteroatoms. The van der Waals surface area contributed by atoms with Crippen LogP contribution in [0.1, 0.15) is 355 Å². The summed E-state index contributed by atoms with van der Waals surface area (Å²) in [5.74, 6) is -0.875. The molecule has 0 aliphatic rings. The molecule has 0 saturated heterocycles. The van der Waals surface area contributed by atoms with Crippen LogP contribution in [0.3, 0.4) is 0 Å². The molecule has 0 N–H and O–H groups in total. The van der Waals surface area contributed by atoms with E-state index in [4.69, 9.17) is 14.2 Å². The first-order valence-electron chi connectivity index (χ1n) is 33.1. The van der Waals surface area contributed by atoms with Gasteiger partial charge in [0, 0.05) is 19.3 Å². The number of carbonyl (C=O) groups excluding carboxylic acids is 3. The lowest BCUT2D eigenvalue weighted by Crippen LogP contribution is -2.30. The van der Waals surface area contributed by atoms with E-state index >= 15 is 0 Å². The highest BCUT2D eigenvalue weighted by atomic mass is 16.6. The van der Waals surface area contributed by atoms with Crippen molar-refractivity contribution in [2.75, 3.05) is 13.2 Å². The van der Waals surface area contributed by atoms with Gasteiger partial charge in [0.2, 0.25) is 0 Å². The Morgan fingerprint density at radius 2 is 0.480 bits per heavy atom. The molecule has 0 aromatic carbocycles. The lowest BCUT2D eigenvalue weighted by atomic mass is 10.0. The molecular weight excluding hydrogens is 925 g/mol. The molecule has 0 heterocycles. The molecule has 0 rings (SSSR count). The summed E-state index contributed by atoms with van der Waals surface area (Å²) in [7, 11) is 0. The Bertz CT molecular complexity index is 1300. The molecule has 75 heavy (non-hydrogen) atoms. The van der Waals surface area contributed by atoms with Gasteiger partial charge in [-0.1, -0.05) is 281 Å². The molecule has 0 spiro atoms. The largest absolute Gasteiger partial charge is 0.462 e. The maximum absolute atomic E-state index is 12.9. The Labute approximate surface area is 467 Å². The Balaban J connectivity index is 4.11. The van der Waals surface area contributed by atoms with Gasteiger partial charge in [0.25, 0.3) is 0 Å². The number of carbonyl (C=O) groups is 3. The Hall–Kier alpha value is -2.63.